The highest BCUT2D eigenvalue weighted by molar-refractivity contribution is 6.15. The Bertz CT molecular complexity index is 1020. The van der Waals surface area contributed by atoms with Crippen LogP contribution in [-0.2, 0) is 25.7 Å². The second kappa shape index (κ2) is 7.62. The van der Waals surface area contributed by atoms with E-state index in [1.165, 1.54) is 16.8 Å². The van der Waals surface area contributed by atoms with Crippen LogP contribution >= 0.6 is 0 Å². The fraction of sp³-hybridized carbons (Fsp3) is 0.273. The molecule has 0 spiro atoms. The maximum Gasteiger partial charge on any atom is 0.354 e. The maximum absolute atomic E-state index is 13.5. The lowest BCUT2D eigenvalue weighted by atomic mass is 9.95. The lowest BCUT2D eigenvalue weighted by Crippen LogP contribution is -2.68. The molecule has 8 heteroatoms. The van der Waals surface area contributed by atoms with Gasteiger partial charge in [0.25, 0.3) is 11.8 Å². The van der Waals surface area contributed by atoms with E-state index < -0.39 is 24.1 Å². The predicted octanol–water partition coefficient (Wildman–Crippen LogP) is 1.45. The monoisotopic (exact) mass is 407 g/mol. The van der Waals surface area contributed by atoms with Crippen molar-refractivity contribution < 1.29 is 23.9 Å². The molecule has 0 aliphatic carbocycles. The van der Waals surface area contributed by atoms with Crippen LogP contribution in [0.15, 0.2) is 54.6 Å². The molecule has 30 heavy (non-hydrogen) atoms. The largest absolute Gasteiger partial charge is 0.452 e. The van der Waals surface area contributed by atoms with E-state index in [0.717, 1.165) is 5.56 Å². The van der Waals surface area contributed by atoms with E-state index in [4.69, 9.17) is 4.74 Å². The van der Waals surface area contributed by atoms with Crippen LogP contribution in [0.1, 0.15) is 28.8 Å². The second-order valence-corrected chi connectivity index (χ2v) is 7.19. The van der Waals surface area contributed by atoms with Gasteiger partial charge in [0.05, 0.1) is 11.3 Å². The van der Waals surface area contributed by atoms with Gasteiger partial charge in [0, 0.05) is 26.4 Å². The van der Waals surface area contributed by atoms with Crippen LogP contribution in [0.5, 0.6) is 0 Å². The fourth-order valence-electron chi connectivity index (χ4n) is 4.05. The number of fused-ring (bicyclic) bond motifs is 3. The van der Waals surface area contributed by atoms with Gasteiger partial charge in [0.1, 0.15) is 0 Å². The molecule has 0 aromatic heterocycles. The zero-order chi connectivity index (χ0) is 21.3. The Balaban J connectivity index is 1.83. The van der Waals surface area contributed by atoms with Crippen LogP contribution in [0.4, 0.5) is 5.69 Å². The zero-order valence-electron chi connectivity index (χ0n) is 16.5. The molecule has 1 fully saturated rings. The summed E-state index contributed by atoms with van der Waals surface area (Å²) in [6.07, 6.45) is 0.174. The quantitative estimate of drug-likeness (QED) is 0.757. The van der Waals surface area contributed by atoms with Gasteiger partial charge in [-0.1, -0.05) is 42.5 Å². The normalized spacial score (nSPS) is 19.9. The molecule has 3 amide bonds. The fourth-order valence-corrected chi connectivity index (χ4v) is 4.05. The zero-order valence-corrected chi connectivity index (χ0v) is 16.5. The average molecular weight is 407 g/mol. The van der Waals surface area contributed by atoms with Crippen LogP contribution in [-0.4, -0.2) is 47.9 Å². The Morgan fingerprint density at radius 3 is 2.50 bits per heavy atom. The third kappa shape index (κ3) is 3.01. The molecule has 4 rings (SSSR count). The summed E-state index contributed by atoms with van der Waals surface area (Å²) < 4.78 is 5.28. The van der Waals surface area contributed by atoms with Crippen molar-refractivity contribution >= 4 is 29.4 Å². The van der Waals surface area contributed by atoms with Crippen molar-refractivity contribution in [2.45, 2.75) is 25.0 Å². The van der Waals surface area contributed by atoms with Crippen LogP contribution in [0.3, 0.4) is 0 Å². The predicted molar refractivity (Wildman–Crippen MR) is 107 cm³/mol. The van der Waals surface area contributed by atoms with Gasteiger partial charge in [-0.05, 0) is 17.7 Å². The smallest absolute Gasteiger partial charge is 0.354 e. The number of amides is 3. The first-order valence-electron chi connectivity index (χ1n) is 9.65. The van der Waals surface area contributed by atoms with Crippen molar-refractivity contribution in [3.8, 4) is 0 Å². The topological polar surface area (TPSA) is 96.0 Å². The minimum absolute atomic E-state index is 0.0853. The number of nitrogens with zero attached hydrogens (tertiary/aromatic N) is 2. The highest BCUT2D eigenvalue weighted by atomic mass is 16.5. The SMILES string of the molecule is CNC(=O)COC(=O)[C@@]12CCC(=O)N1c1ccccc1C(=O)N2Cc1ccccc1. The van der Waals surface area contributed by atoms with Gasteiger partial charge < -0.3 is 15.0 Å². The summed E-state index contributed by atoms with van der Waals surface area (Å²) in [5, 5.41) is 2.39. The molecule has 1 atom stereocenters. The van der Waals surface area contributed by atoms with Crippen molar-refractivity contribution in [3.63, 3.8) is 0 Å². The van der Waals surface area contributed by atoms with Crippen molar-refractivity contribution in [2.24, 2.45) is 0 Å². The van der Waals surface area contributed by atoms with E-state index in [1.54, 1.807) is 24.3 Å². The minimum atomic E-state index is -1.63. The summed E-state index contributed by atoms with van der Waals surface area (Å²) in [5.74, 6) is -1.91. The number of rotatable bonds is 5. The van der Waals surface area contributed by atoms with Gasteiger partial charge in [0.2, 0.25) is 11.6 Å². The highest BCUT2D eigenvalue weighted by Crippen LogP contribution is 2.45. The number of ether oxygens (including phenoxy) is 1. The van der Waals surface area contributed by atoms with Gasteiger partial charge in [-0.2, -0.15) is 0 Å². The van der Waals surface area contributed by atoms with Gasteiger partial charge in [-0.25, -0.2) is 4.79 Å². The molecular formula is C22H21N3O5. The molecule has 2 aliphatic heterocycles. The van der Waals surface area contributed by atoms with E-state index in [2.05, 4.69) is 5.32 Å². The number of para-hydroxylation sites is 1. The third-order valence-electron chi connectivity index (χ3n) is 5.50. The van der Waals surface area contributed by atoms with E-state index in [-0.39, 0.29) is 31.2 Å². The summed E-state index contributed by atoms with van der Waals surface area (Å²) in [4.78, 5) is 54.1. The van der Waals surface area contributed by atoms with Crippen LogP contribution in [0.2, 0.25) is 0 Å². The summed E-state index contributed by atoms with van der Waals surface area (Å²) in [7, 11) is 1.43. The number of carbonyl (C=O) groups excluding carboxylic acids is 4. The highest BCUT2D eigenvalue weighted by Gasteiger charge is 2.62. The molecule has 2 aromatic carbocycles. The minimum Gasteiger partial charge on any atom is -0.452 e. The van der Waals surface area contributed by atoms with Crippen LogP contribution in [0, 0.1) is 0 Å². The molecule has 2 aromatic rings. The Morgan fingerprint density at radius 2 is 1.77 bits per heavy atom. The number of hydrogen-bond donors (Lipinski definition) is 1. The van der Waals surface area contributed by atoms with Gasteiger partial charge >= 0.3 is 5.97 Å². The lowest BCUT2D eigenvalue weighted by Gasteiger charge is -2.48. The molecule has 0 unspecified atom stereocenters. The molecule has 0 radical (unpaired) electrons. The number of hydrogen-bond acceptors (Lipinski definition) is 5. The van der Waals surface area contributed by atoms with Gasteiger partial charge in [-0.3, -0.25) is 19.3 Å². The summed E-state index contributed by atoms with van der Waals surface area (Å²) in [6, 6.07) is 15.9. The maximum atomic E-state index is 13.5. The molecule has 2 heterocycles. The molecule has 1 N–H and O–H groups in total. The summed E-state index contributed by atoms with van der Waals surface area (Å²) in [6.45, 7) is -0.374. The first-order chi connectivity index (χ1) is 14.5. The number of benzene rings is 2. The molecule has 0 saturated carbocycles. The number of carbonyl (C=O) groups is 4. The number of nitrogens with one attached hydrogen (secondary N) is 1. The number of esters is 1. The van der Waals surface area contributed by atoms with Gasteiger partial charge in [-0.15, -0.1) is 0 Å². The van der Waals surface area contributed by atoms with E-state index >= 15 is 0 Å². The Labute approximate surface area is 173 Å². The van der Waals surface area contributed by atoms with Crippen molar-refractivity contribution in [1.82, 2.24) is 10.2 Å². The lowest BCUT2D eigenvalue weighted by molar-refractivity contribution is -0.160. The van der Waals surface area contributed by atoms with E-state index in [9.17, 15) is 19.2 Å². The molecule has 8 nitrogen and oxygen atoms in total. The Morgan fingerprint density at radius 1 is 1.07 bits per heavy atom. The van der Waals surface area contributed by atoms with E-state index in [1.807, 2.05) is 30.3 Å². The molecule has 0 bridgehead atoms. The first kappa shape index (κ1) is 19.6. The molecule has 2 aliphatic rings. The summed E-state index contributed by atoms with van der Waals surface area (Å²) in [5.41, 5.74) is -0.0977. The van der Waals surface area contributed by atoms with Crippen molar-refractivity contribution in [2.75, 3.05) is 18.6 Å². The number of likely N-dealkylation sites (N-methyl/N-ethyl adjacent to an activating group) is 1. The second-order valence-electron chi connectivity index (χ2n) is 7.19. The van der Waals surface area contributed by atoms with E-state index in [0.29, 0.717) is 11.3 Å². The average Bonchev–Trinajstić information content (AvgIpc) is 3.13. The van der Waals surface area contributed by atoms with Crippen molar-refractivity contribution in [3.05, 3.63) is 65.7 Å². The summed E-state index contributed by atoms with van der Waals surface area (Å²) >= 11 is 0. The molecular weight excluding hydrogens is 386 g/mol. The Hall–Kier alpha value is -3.68. The Kier molecular flexibility index (Phi) is 4.99. The van der Waals surface area contributed by atoms with Gasteiger partial charge in [0.15, 0.2) is 6.61 Å². The van der Waals surface area contributed by atoms with Crippen molar-refractivity contribution in [1.29, 1.82) is 0 Å². The standard InChI is InChI=1S/C22H21N3O5/c1-23-18(26)14-30-21(29)22-12-11-19(27)25(22)17-10-6-5-9-16(17)20(28)24(22)13-15-7-3-2-4-8-15/h2-10H,11-14H2,1H3,(H,23,26)/t22-/m1/s1. The molecule has 1 saturated heterocycles. The van der Waals surface area contributed by atoms with Crippen LogP contribution in [0.25, 0.3) is 0 Å². The van der Waals surface area contributed by atoms with Crippen LogP contribution < -0.4 is 10.2 Å². The third-order valence-corrected chi connectivity index (χ3v) is 5.50. The molecule has 154 valence electrons. The number of anilines is 1. The first-order valence-corrected chi connectivity index (χ1v) is 9.65.